The number of carbonyl (C=O) groups excluding carboxylic acids is 1. The topological polar surface area (TPSA) is 69.0 Å². The number of amides is 1. The van der Waals surface area contributed by atoms with E-state index in [1.54, 1.807) is 0 Å². The van der Waals surface area contributed by atoms with Crippen LogP contribution < -0.4 is 10.2 Å². The lowest BCUT2D eigenvalue weighted by molar-refractivity contribution is -0.127. The summed E-state index contributed by atoms with van der Waals surface area (Å²) < 4.78 is 0. The van der Waals surface area contributed by atoms with Gasteiger partial charge < -0.3 is 10.2 Å². The number of carbonyl (C=O) groups is 1. The smallest absolute Gasteiger partial charge is 0.261 e. The fourth-order valence-electron chi connectivity index (χ4n) is 2.91. The molecule has 6 heteroatoms. The number of hydrogen-bond acceptors (Lipinski definition) is 4. The third kappa shape index (κ3) is 3.21. The lowest BCUT2D eigenvalue weighted by atomic mass is 10.0. The Kier molecular flexibility index (Phi) is 4.23. The summed E-state index contributed by atoms with van der Waals surface area (Å²) in [4.78, 5) is 19.0. The first kappa shape index (κ1) is 16.1. The molecule has 0 saturated heterocycles. The number of aromatic nitrogens is 3. The van der Waals surface area contributed by atoms with Crippen LogP contribution >= 0.6 is 0 Å². The lowest BCUT2D eigenvalue weighted by Crippen LogP contribution is -2.33. The van der Waals surface area contributed by atoms with E-state index in [1.807, 2.05) is 49.4 Å². The van der Waals surface area contributed by atoms with Crippen LogP contribution in [0.25, 0.3) is 21.8 Å². The molecule has 6 nitrogen and oxygen atoms in total. The van der Waals surface area contributed by atoms with E-state index in [1.165, 1.54) is 10.2 Å². The Morgan fingerprint density at radius 3 is 2.73 bits per heavy atom. The molecule has 1 amide bonds. The van der Waals surface area contributed by atoms with E-state index in [9.17, 15) is 4.79 Å². The minimum Gasteiger partial charge on any atom is -0.385 e. The van der Waals surface area contributed by atoms with Crippen LogP contribution in [0.2, 0.25) is 0 Å². The molecule has 1 aromatic heterocycles. The number of fused-ring (bicyclic) bond motifs is 2. The normalized spacial score (nSPS) is 12.2. The van der Waals surface area contributed by atoms with Crippen molar-refractivity contribution in [2.45, 2.75) is 13.0 Å². The van der Waals surface area contributed by atoms with Crippen molar-refractivity contribution in [1.82, 2.24) is 20.5 Å². The highest BCUT2D eigenvalue weighted by atomic mass is 16.7. The molecule has 0 bridgehead atoms. The minimum atomic E-state index is -0.217. The van der Waals surface area contributed by atoms with Gasteiger partial charge in [0, 0.05) is 0 Å². The summed E-state index contributed by atoms with van der Waals surface area (Å²) >= 11 is 0. The molecule has 4 aromatic rings. The average molecular weight is 346 g/mol. The Morgan fingerprint density at radius 2 is 1.85 bits per heavy atom. The quantitative estimate of drug-likeness (QED) is 0.603. The SMILES string of the molecule is C[C@@H](NC(=O)COn1nnc2ccccc21)c1ccc2ccccc2c1. The van der Waals surface area contributed by atoms with E-state index in [2.05, 4.69) is 39.9 Å². The molecule has 1 heterocycles. The zero-order valence-electron chi connectivity index (χ0n) is 14.3. The van der Waals surface area contributed by atoms with Crippen molar-refractivity contribution in [1.29, 1.82) is 0 Å². The molecule has 0 radical (unpaired) electrons. The van der Waals surface area contributed by atoms with Gasteiger partial charge in [0.2, 0.25) is 0 Å². The van der Waals surface area contributed by atoms with Gasteiger partial charge in [-0.05, 0) is 46.7 Å². The minimum absolute atomic E-state index is 0.122. The highest BCUT2D eigenvalue weighted by Gasteiger charge is 2.12. The van der Waals surface area contributed by atoms with Crippen molar-refractivity contribution in [3.05, 3.63) is 72.3 Å². The first-order valence-corrected chi connectivity index (χ1v) is 8.42. The Labute approximate surface area is 150 Å². The second-order valence-corrected chi connectivity index (χ2v) is 6.12. The highest BCUT2D eigenvalue weighted by molar-refractivity contribution is 5.83. The molecule has 0 saturated carbocycles. The Hall–Kier alpha value is -3.41. The van der Waals surface area contributed by atoms with Crippen LogP contribution in [-0.2, 0) is 4.79 Å². The van der Waals surface area contributed by atoms with Gasteiger partial charge in [-0.3, -0.25) is 4.79 Å². The maximum absolute atomic E-state index is 12.2. The number of nitrogens with one attached hydrogen (secondary N) is 1. The molecule has 1 atom stereocenters. The van der Waals surface area contributed by atoms with E-state index in [-0.39, 0.29) is 18.6 Å². The molecular formula is C20H18N4O2. The van der Waals surface area contributed by atoms with Gasteiger partial charge in [0.25, 0.3) is 5.91 Å². The Balaban J connectivity index is 1.40. The van der Waals surface area contributed by atoms with Gasteiger partial charge in [-0.1, -0.05) is 53.4 Å². The molecule has 0 aliphatic carbocycles. The number of nitrogens with zero attached hydrogens (tertiary/aromatic N) is 3. The van der Waals surface area contributed by atoms with Gasteiger partial charge in [-0.25, -0.2) is 0 Å². The largest absolute Gasteiger partial charge is 0.385 e. The van der Waals surface area contributed by atoms with Crippen molar-refractivity contribution < 1.29 is 9.63 Å². The third-order valence-electron chi connectivity index (χ3n) is 4.29. The first-order chi connectivity index (χ1) is 12.7. The Bertz CT molecular complexity index is 1070. The van der Waals surface area contributed by atoms with Crippen molar-refractivity contribution in [2.75, 3.05) is 6.61 Å². The van der Waals surface area contributed by atoms with Gasteiger partial charge >= 0.3 is 0 Å². The van der Waals surface area contributed by atoms with Crippen LogP contribution in [0, 0.1) is 0 Å². The molecular weight excluding hydrogens is 328 g/mol. The van der Waals surface area contributed by atoms with Crippen LogP contribution in [0.1, 0.15) is 18.5 Å². The maximum atomic E-state index is 12.2. The molecule has 0 aliphatic heterocycles. The van der Waals surface area contributed by atoms with Crippen molar-refractivity contribution in [3.8, 4) is 0 Å². The predicted octanol–water partition coefficient (Wildman–Crippen LogP) is 2.89. The molecule has 130 valence electrons. The molecule has 0 spiro atoms. The van der Waals surface area contributed by atoms with Crippen LogP contribution in [0.4, 0.5) is 0 Å². The van der Waals surface area contributed by atoms with Crippen molar-refractivity contribution >= 4 is 27.7 Å². The van der Waals surface area contributed by atoms with Crippen LogP contribution in [0.5, 0.6) is 0 Å². The third-order valence-corrected chi connectivity index (χ3v) is 4.29. The van der Waals surface area contributed by atoms with Crippen LogP contribution in [0.3, 0.4) is 0 Å². The molecule has 4 rings (SSSR count). The fraction of sp³-hybridized carbons (Fsp3) is 0.150. The van der Waals surface area contributed by atoms with Gasteiger partial charge in [0.1, 0.15) is 11.0 Å². The monoisotopic (exact) mass is 346 g/mol. The van der Waals surface area contributed by atoms with E-state index >= 15 is 0 Å². The molecule has 0 unspecified atom stereocenters. The fourth-order valence-corrected chi connectivity index (χ4v) is 2.91. The second kappa shape index (κ2) is 6.84. The van der Waals surface area contributed by atoms with Crippen LogP contribution in [-0.4, -0.2) is 27.7 Å². The summed E-state index contributed by atoms with van der Waals surface area (Å²) in [6, 6.07) is 21.6. The zero-order valence-corrected chi connectivity index (χ0v) is 14.3. The summed E-state index contributed by atoms with van der Waals surface area (Å²) in [5.74, 6) is -0.217. The number of rotatable bonds is 5. The van der Waals surface area contributed by atoms with E-state index in [0.717, 1.165) is 22.0 Å². The van der Waals surface area contributed by atoms with E-state index in [0.29, 0.717) is 0 Å². The van der Waals surface area contributed by atoms with E-state index < -0.39 is 0 Å². The molecule has 0 fully saturated rings. The van der Waals surface area contributed by atoms with Gasteiger partial charge in [-0.15, -0.1) is 5.10 Å². The second-order valence-electron chi connectivity index (χ2n) is 6.12. The highest BCUT2D eigenvalue weighted by Crippen LogP contribution is 2.20. The molecule has 3 aromatic carbocycles. The summed E-state index contributed by atoms with van der Waals surface area (Å²) in [6.45, 7) is 1.82. The molecule has 0 aliphatic rings. The molecule has 1 N–H and O–H groups in total. The van der Waals surface area contributed by atoms with Gasteiger partial charge in [0.15, 0.2) is 6.61 Å². The van der Waals surface area contributed by atoms with Gasteiger partial charge in [0.05, 0.1) is 6.04 Å². The summed E-state index contributed by atoms with van der Waals surface area (Å²) in [5.41, 5.74) is 2.49. The maximum Gasteiger partial charge on any atom is 0.261 e. The number of benzene rings is 3. The van der Waals surface area contributed by atoms with E-state index in [4.69, 9.17) is 4.84 Å². The average Bonchev–Trinajstić information content (AvgIpc) is 3.09. The molecule has 26 heavy (non-hydrogen) atoms. The summed E-state index contributed by atoms with van der Waals surface area (Å²) in [7, 11) is 0. The number of hydrogen-bond donors (Lipinski definition) is 1. The van der Waals surface area contributed by atoms with Crippen molar-refractivity contribution in [2.24, 2.45) is 0 Å². The predicted molar refractivity (Wildman–Crippen MR) is 99.5 cm³/mol. The van der Waals surface area contributed by atoms with Crippen LogP contribution in [0.15, 0.2) is 66.7 Å². The van der Waals surface area contributed by atoms with Crippen molar-refractivity contribution in [3.63, 3.8) is 0 Å². The Morgan fingerprint density at radius 1 is 1.08 bits per heavy atom. The lowest BCUT2D eigenvalue weighted by Gasteiger charge is -2.15. The summed E-state index contributed by atoms with van der Waals surface area (Å²) in [6.07, 6.45) is 0. The standard InChI is InChI=1S/C20H18N4O2/c1-14(16-11-10-15-6-2-3-7-17(15)12-16)21-20(25)13-26-24-19-9-5-4-8-18(19)22-23-24/h2-12,14H,13H2,1H3,(H,21,25)/t14-/m1/s1. The van der Waals surface area contributed by atoms with Gasteiger partial charge in [-0.2, -0.15) is 0 Å². The number of para-hydroxylation sites is 1. The zero-order chi connectivity index (χ0) is 17.9. The first-order valence-electron chi connectivity index (χ1n) is 8.42. The summed E-state index contributed by atoms with van der Waals surface area (Å²) in [5, 5.41) is 13.2.